The van der Waals surface area contributed by atoms with E-state index in [1.54, 1.807) is 29.2 Å². The van der Waals surface area contributed by atoms with Crippen molar-refractivity contribution < 1.29 is 23.9 Å². The molecule has 1 aliphatic carbocycles. The number of hydrogen-bond acceptors (Lipinski definition) is 5. The standard InChI is InChI=1S/C26H26N2O5/c1-16-7-2-5-12-22(16)27-15-17(13-23(27)29)26(32)33-19-9-6-8-18(14-19)28-24(30)20-10-3-4-11-21(20)25(28)31/h2,5-9,12,14,17,20-21H,3-4,10-11,13,15H2,1H3/t17-,20-,21+/m1/s1. The van der Waals surface area contributed by atoms with Crippen LogP contribution in [0.25, 0.3) is 0 Å². The first-order chi connectivity index (χ1) is 15.9. The number of carbonyl (C=O) groups excluding carboxylic acids is 4. The van der Waals surface area contributed by atoms with E-state index in [-0.39, 0.29) is 48.3 Å². The van der Waals surface area contributed by atoms with Crippen LogP contribution in [0.4, 0.5) is 11.4 Å². The second kappa shape index (κ2) is 8.46. The number of hydrogen-bond donors (Lipinski definition) is 0. The Morgan fingerprint density at radius 2 is 1.64 bits per heavy atom. The molecule has 2 saturated heterocycles. The minimum Gasteiger partial charge on any atom is -0.426 e. The summed E-state index contributed by atoms with van der Waals surface area (Å²) < 4.78 is 5.58. The minimum absolute atomic E-state index is 0.0827. The van der Waals surface area contributed by atoms with Crippen LogP contribution in [-0.2, 0) is 19.2 Å². The molecule has 3 fully saturated rings. The number of esters is 1. The third-order valence-electron chi connectivity index (χ3n) is 7.00. The zero-order valence-corrected chi connectivity index (χ0v) is 18.5. The summed E-state index contributed by atoms with van der Waals surface area (Å²) in [6.45, 7) is 2.19. The molecule has 170 valence electrons. The average Bonchev–Trinajstić information content (AvgIpc) is 3.32. The van der Waals surface area contributed by atoms with Crippen LogP contribution < -0.4 is 14.5 Å². The van der Waals surface area contributed by atoms with Gasteiger partial charge in [-0.2, -0.15) is 0 Å². The van der Waals surface area contributed by atoms with Crippen LogP contribution in [0.2, 0.25) is 0 Å². The first-order valence-corrected chi connectivity index (χ1v) is 11.5. The lowest BCUT2D eigenvalue weighted by Gasteiger charge is -2.19. The van der Waals surface area contributed by atoms with Crippen LogP contribution in [0.3, 0.4) is 0 Å². The number of fused-ring (bicyclic) bond motifs is 1. The Morgan fingerprint density at radius 1 is 0.939 bits per heavy atom. The molecule has 0 unspecified atom stereocenters. The maximum atomic E-state index is 12.9. The highest BCUT2D eigenvalue weighted by Gasteiger charge is 2.48. The van der Waals surface area contributed by atoms with Crippen molar-refractivity contribution in [3.63, 3.8) is 0 Å². The van der Waals surface area contributed by atoms with E-state index in [1.807, 2.05) is 31.2 Å². The molecule has 3 atom stereocenters. The SMILES string of the molecule is Cc1ccccc1N1C[C@H](C(=O)Oc2cccc(N3C(=O)[C@H]4CCCC[C@H]4C3=O)c2)CC1=O. The van der Waals surface area contributed by atoms with Gasteiger partial charge in [0.05, 0.1) is 23.4 Å². The lowest BCUT2D eigenvalue weighted by molar-refractivity contribution is -0.139. The Labute approximate surface area is 192 Å². The van der Waals surface area contributed by atoms with Crippen LogP contribution in [0.15, 0.2) is 48.5 Å². The summed E-state index contributed by atoms with van der Waals surface area (Å²) in [6, 6.07) is 14.1. The number of rotatable bonds is 4. The maximum absolute atomic E-state index is 12.9. The molecule has 0 N–H and O–H groups in total. The zero-order chi connectivity index (χ0) is 23.1. The number of anilines is 2. The second-order valence-corrected chi connectivity index (χ2v) is 9.12. The van der Waals surface area contributed by atoms with E-state index in [4.69, 9.17) is 4.74 Å². The van der Waals surface area contributed by atoms with Gasteiger partial charge in [-0.05, 0) is 43.5 Å². The third kappa shape index (κ3) is 3.81. The van der Waals surface area contributed by atoms with Gasteiger partial charge >= 0.3 is 5.97 Å². The third-order valence-corrected chi connectivity index (χ3v) is 7.00. The molecule has 2 aromatic rings. The van der Waals surface area contributed by atoms with Gasteiger partial charge in [0, 0.05) is 24.7 Å². The van der Waals surface area contributed by atoms with E-state index >= 15 is 0 Å². The fourth-order valence-electron chi connectivity index (χ4n) is 5.27. The highest BCUT2D eigenvalue weighted by molar-refractivity contribution is 6.22. The van der Waals surface area contributed by atoms with Gasteiger partial charge in [0.1, 0.15) is 5.75 Å². The van der Waals surface area contributed by atoms with Crippen molar-refractivity contribution in [2.24, 2.45) is 17.8 Å². The fraction of sp³-hybridized carbons (Fsp3) is 0.385. The molecule has 0 aromatic heterocycles. The normalized spacial score (nSPS) is 24.9. The molecule has 3 amide bonds. The molecule has 2 aromatic carbocycles. The van der Waals surface area contributed by atoms with Gasteiger partial charge in [0.15, 0.2) is 0 Å². The minimum atomic E-state index is -0.585. The Morgan fingerprint density at radius 3 is 2.33 bits per heavy atom. The van der Waals surface area contributed by atoms with E-state index in [1.165, 1.54) is 4.90 Å². The fourth-order valence-corrected chi connectivity index (χ4v) is 5.27. The Balaban J connectivity index is 1.30. The van der Waals surface area contributed by atoms with Crippen molar-refractivity contribution in [2.45, 2.75) is 39.0 Å². The van der Waals surface area contributed by atoms with Gasteiger partial charge in [0.25, 0.3) is 0 Å². The molecule has 7 nitrogen and oxygen atoms in total. The number of para-hydroxylation sites is 1. The van der Waals surface area contributed by atoms with Crippen molar-refractivity contribution in [3.8, 4) is 5.75 Å². The maximum Gasteiger partial charge on any atom is 0.316 e. The second-order valence-electron chi connectivity index (χ2n) is 9.12. The summed E-state index contributed by atoms with van der Waals surface area (Å²) in [7, 11) is 0. The quantitative estimate of drug-likeness (QED) is 0.407. The molecular weight excluding hydrogens is 420 g/mol. The highest BCUT2D eigenvalue weighted by Crippen LogP contribution is 2.40. The molecular formula is C26H26N2O5. The summed E-state index contributed by atoms with van der Waals surface area (Å²) in [5.41, 5.74) is 2.19. The van der Waals surface area contributed by atoms with Gasteiger partial charge in [-0.1, -0.05) is 37.1 Å². The van der Waals surface area contributed by atoms with Gasteiger partial charge in [-0.3, -0.25) is 19.2 Å². The van der Waals surface area contributed by atoms with Gasteiger partial charge in [-0.15, -0.1) is 0 Å². The van der Waals surface area contributed by atoms with Crippen LogP contribution in [0.5, 0.6) is 5.75 Å². The monoisotopic (exact) mass is 446 g/mol. The lowest BCUT2D eigenvalue weighted by atomic mass is 9.81. The Bertz CT molecular complexity index is 1120. The summed E-state index contributed by atoms with van der Waals surface area (Å²) >= 11 is 0. The topological polar surface area (TPSA) is 84.0 Å². The molecule has 3 aliphatic rings. The molecule has 33 heavy (non-hydrogen) atoms. The molecule has 5 rings (SSSR count). The van der Waals surface area contributed by atoms with Crippen molar-refractivity contribution in [1.29, 1.82) is 0 Å². The molecule has 0 spiro atoms. The molecule has 1 saturated carbocycles. The molecule has 7 heteroatoms. The first-order valence-electron chi connectivity index (χ1n) is 11.5. The van der Waals surface area contributed by atoms with Crippen LogP contribution >= 0.6 is 0 Å². The van der Waals surface area contributed by atoms with E-state index < -0.39 is 11.9 Å². The number of amides is 3. The van der Waals surface area contributed by atoms with E-state index in [0.29, 0.717) is 5.69 Å². The molecule has 2 heterocycles. The number of benzene rings is 2. The largest absolute Gasteiger partial charge is 0.426 e. The smallest absolute Gasteiger partial charge is 0.316 e. The van der Waals surface area contributed by atoms with Crippen molar-refractivity contribution in [2.75, 3.05) is 16.3 Å². The number of ether oxygens (including phenoxy) is 1. The summed E-state index contributed by atoms with van der Waals surface area (Å²) in [5.74, 6) is -1.75. The number of aryl methyl sites for hydroxylation is 1. The Hall–Kier alpha value is -3.48. The van der Waals surface area contributed by atoms with Crippen molar-refractivity contribution in [1.82, 2.24) is 0 Å². The van der Waals surface area contributed by atoms with Gasteiger partial charge in [-0.25, -0.2) is 4.90 Å². The summed E-state index contributed by atoms with van der Waals surface area (Å²) in [5, 5.41) is 0. The number of imide groups is 1. The van der Waals surface area contributed by atoms with Gasteiger partial charge < -0.3 is 9.64 Å². The van der Waals surface area contributed by atoms with Crippen LogP contribution in [0, 0.1) is 24.7 Å². The van der Waals surface area contributed by atoms with E-state index in [2.05, 4.69) is 0 Å². The number of nitrogens with zero attached hydrogens (tertiary/aromatic N) is 2. The predicted molar refractivity (Wildman–Crippen MR) is 122 cm³/mol. The Kier molecular flexibility index (Phi) is 5.48. The van der Waals surface area contributed by atoms with E-state index in [9.17, 15) is 19.2 Å². The van der Waals surface area contributed by atoms with Crippen LogP contribution in [-0.4, -0.2) is 30.2 Å². The highest BCUT2D eigenvalue weighted by atomic mass is 16.5. The zero-order valence-electron chi connectivity index (χ0n) is 18.5. The molecule has 0 radical (unpaired) electrons. The summed E-state index contributed by atoms with van der Waals surface area (Å²) in [4.78, 5) is 54.0. The van der Waals surface area contributed by atoms with Crippen molar-refractivity contribution in [3.05, 3.63) is 54.1 Å². The predicted octanol–water partition coefficient (Wildman–Crippen LogP) is 3.63. The van der Waals surface area contributed by atoms with Gasteiger partial charge in [0.2, 0.25) is 17.7 Å². The number of carbonyl (C=O) groups is 4. The lowest BCUT2D eigenvalue weighted by Crippen LogP contribution is -2.31. The average molecular weight is 447 g/mol. The molecule has 2 aliphatic heterocycles. The van der Waals surface area contributed by atoms with E-state index in [0.717, 1.165) is 36.9 Å². The van der Waals surface area contributed by atoms with Crippen molar-refractivity contribution >= 4 is 35.1 Å². The summed E-state index contributed by atoms with van der Waals surface area (Å²) in [6.07, 6.45) is 3.50. The molecule has 0 bridgehead atoms. The first kappa shape index (κ1) is 21.4. The van der Waals surface area contributed by atoms with Crippen LogP contribution in [0.1, 0.15) is 37.7 Å².